The predicted molar refractivity (Wildman–Crippen MR) is 80.1 cm³/mol. The van der Waals surface area contributed by atoms with Crippen molar-refractivity contribution in [2.45, 2.75) is 13.5 Å². The van der Waals surface area contributed by atoms with Crippen LogP contribution in [0.1, 0.15) is 11.3 Å². The molecule has 0 aliphatic heterocycles. The number of aromatic nitrogens is 2. The van der Waals surface area contributed by atoms with Gasteiger partial charge in [0.15, 0.2) is 0 Å². The molecule has 2 aromatic heterocycles. The fourth-order valence-corrected chi connectivity index (χ4v) is 2.29. The van der Waals surface area contributed by atoms with Gasteiger partial charge in [0, 0.05) is 10.7 Å². The van der Waals surface area contributed by atoms with Crippen LogP contribution in [0, 0.1) is 6.92 Å². The number of fused-ring (bicyclic) bond motifs is 1. The molecule has 0 amide bonds. The van der Waals surface area contributed by atoms with Crippen LogP contribution in [0.5, 0.6) is 11.6 Å². The highest BCUT2D eigenvalue weighted by atomic mass is 79.9. The highest BCUT2D eigenvalue weighted by molar-refractivity contribution is 9.10. The molecule has 0 aliphatic rings. The number of nitrogens with zero attached hydrogens (tertiary/aromatic N) is 2. The maximum absolute atomic E-state index is 9.53. The Bertz CT molecular complexity index is 768. The lowest BCUT2D eigenvalue weighted by Crippen LogP contribution is -1.94. The molecule has 0 bridgehead atoms. The Morgan fingerprint density at radius 3 is 2.90 bits per heavy atom. The van der Waals surface area contributed by atoms with E-state index in [1.807, 2.05) is 53.9 Å². The van der Waals surface area contributed by atoms with Crippen molar-refractivity contribution in [2.24, 2.45) is 0 Å². The van der Waals surface area contributed by atoms with E-state index in [0.29, 0.717) is 17.3 Å². The molecule has 3 aromatic rings. The SMILES string of the molecule is Cc1cc(Oc2nc3ccccn3c2CO)ccc1Br. The number of aliphatic hydroxyl groups excluding tert-OH is 1. The molecule has 20 heavy (non-hydrogen) atoms. The average molecular weight is 333 g/mol. The molecule has 0 saturated carbocycles. The lowest BCUT2D eigenvalue weighted by molar-refractivity contribution is 0.269. The second-order valence-electron chi connectivity index (χ2n) is 4.46. The first-order chi connectivity index (χ1) is 9.69. The maximum Gasteiger partial charge on any atom is 0.243 e. The number of benzene rings is 1. The van der Waals surface area contributed by atoms with Crippen molar-refractivity contribution in [3.05, 3.63) is 58.3 Å². The normalized spacial score (nSPS) is 10.9. The smallest absolute Gasteiger partial charge is 0.243 e. The minimum Gasteiger partial charge on any atom is -0.437 e. The molecular formula is C15H13BrN2O2. The monoisotopic (exact) mass is 332 g/mol. The Hall–Kier alpha value is -1.85. The van der Waals surface area contributed by atoms with Crippen molar-refractivity contribution in [1.82, 2.24) is 9.38 Å². The number of halogens is 1. The summed E-state index contributed by atoms with van der Waals surface area (Å²) in [6, 6.07) is 11.4. The van der Waals surface area contributed by atoms with Crippen LogP contribution in [0.15, 0.2) is 47.1 Å². The zero-order valence-electron chi connectivity index (χ0n) is 10.9. The van der Waals surface area contributed by atoms with Gasteiger partial charge in [-0.25, -0.2) is 0 Å². The van der Waals surface area contributed by atoms with Crippen LogP contribution in [-0.4, -0.2) is 14.5 Å². The molecule has 0 radical (unpaired) electrons. The Labute approximate surface area is 124 Å². The molecule has 0 unspecified atom stereocenters. The summed E-state index contributed by atoms with van der Waals surface area (Å²) in [5.41, 5.74) is 2.47. The molecule has 4 nitrogen and oxygen atoms in total. The van der Waals surface area contributed by atoms with E-state index in [1.54, 1.807) is 0 Å². The molecular weight excluding hydrogens is 320 g/mol. The van der Waals surface area contributed by atoms with E-state index < -0.39 is 0 Å². The number of imidazole rings is 1. The number of hydrogen-bond donors (Lipinski definition) is 1. The van der Waals surface area contributed by atoms with Gasteiger partial charge in [-0.3, -0.25) is 4.40 Å². The molecule has 3 rings (SSSR count). The van der Waals surface area contributed by atoms with Crippen LogP contribution in [-0.2, 0) is 6.61 Å². The van der Waals surface area contributed by atoms with Crippen molar-refractivity contribution in [1.29, 1.82) is 0 Å². The molecule has 0 saturated heterocycles. The van der Waals surface area contributed by atoms with E-state index >= 15 is 0 Å². The number of aliphatic hydroxyl groups is 1. The molecule has 2 heterocycles. The van der Waals surface area contributed by atoms with Crippen LogP contribution >= 0.6 is 15.9 Å². The first kappa shape index (κ1) is 13.1. The quantitative estimate of drug-likeness (QED) is 0.795. The van der Waals surface area contributed by atoms with Crippen molar-refractivity contribution >= 4 is 21.6 Å². The van der Waals surface area contributed by atoms with Crippen molar-refractivity contribution in [2.75, 3.05) is 0 Å². The summed E-state index contributed by atoms with van der Waals surface area (Å²) < 4.78 is 8.66. The second kappa shape index (κ2) is 5.26. The molecule has 5 heteroatoms. The number of aryl methyl sites for hydroxylation is 1. The van der Waals surface area contributed by atoms with E-state index in [1.165, 1.54) is 0 Å². The van der Waals surface area contributed by atoms with Gasteiger partial charge in [-0.05, 0) is 42.8 Å². The lowest BCUT2D eigenvalue weighted by Gasteiger charge is -2.06. The zero-order chi connectivity index (χ0) is 14.1. The van der Waals surface area contributed by atoms with Gasteiger partial charge in [0.2, 0.25) is 5.88 Å². The number of hydrogen-bond acceptors (Lipinski definition) is 3. The van der Waals surface area contributed by atoms with E-state index in [-0.39, 0.29) is 6.61 Å². The van der Waals surface area contributed by atoms with E-state index in [0.717, 1.165) is 15.7 Å². The second-order valence-corrected chi connectivity index (χ2v) is 5.32. The summed E-state index contributed by atoms with van der Waals surface area (Å²) in [7, 11) is 0. The molecule has 1 aromatic carbocycles. The Balaban J connectivity index is 2.03. The predicted octanol–water partition coefficient (Wildman–Crippen LogP) is 3.69. The molecule has 0 atom stereocenters. The van der Waals surface area contributed by atoms with Crippen LogP contribution in [0.2, 0.25) is 0 Å². The van der Waals surface area contributed by atoms with Crippen molar-refractivity contribution in [3.8, 4) is 11.6 Å². The van der Waals surface area contributed by atoms with E-state index in [2.05, 4.69) is 20.9 Å². The average Bonchev–Trinajstić information content (AvgIpc) is 2.80. The molecule has 0 fully saturated rings. The van der Waals surface area contributed by atoms with Gasteiger partial charge in [0.05, 0.1) is 6.61 Å². The third-order valence-electron chi connectivity index (χ3n) is 3.09. The highest BCUT2D eigenvalue weighted by Crippen LogP contribution is 2.28. The van der Waals surface area contributed by atoms with Crippen LogP contribution in [0.4, 0.5) is 0 Å². The summed E-state index contributed by atoms with van der Waals surface area (Å²) in [6.07, 6.45) is 1.85. The Morgan fingerprint density at radius 1 is 1.30 bits per heavy atom. The van der Waals surface area contributed by atoms with Gasteiger partial charge in [-0.2, -0.15) is 4.98 Å². The van der Waals surface area contributed by atoms with Crippen LogP contribution in [0.3, 0.4) is 0 Å². The minimum atomic E-state index is -0.129. The van der Waals surface area contributed by atoms with Crippen LogP contribution < -0.4 is 4.74 Å². The third kappa shape index (κ3) is 2.30. The number of ether oxygens (including phenoxy) is 1. The standard InChI is InChI=1S/C15H13BrN2O2/c1-10-8-11(5-6-12(10)16)20-15-13(9-19)18-7-3-2-4-14(18)17-15/h2-8,19H,9H2,1H3. The summed E-state index contributed by atoms with van der Waals surface area (Å²) in [5, 5.41) is 9.53. The lowest BCUT2D eigenvalue weighted by atomic mass is 10.2. The first-order valence-electron chi connectivity index (χ1n) is 6.20. The number of rotatable bonds is 3. The van der Waals surface area contributed by atoms with E-state index in [9.17, 15) is 5.11 Å². The van der Waals surface area contributed by atoms with E-state index in [4.69, 9.17) is 4.74 Å². The molecule has 0 spiro atoms. The fourth-order valence-electron chi connectivity index (χ4n) is 2.04. The number of pyridine rings is 1. The first-order valence-corrected chi connectivity index (χ1v) is 6.99. The molecule has 0 aliphatic carbocycles. The third-order valence-corrected chi connectivity index (χ3v) is 3.98. The topological polar surface area (TPSA) is 46.8 Å². The van der Waals surface area contributed by atoms with Gasteiger partial charge in [0.25, 0.3) is 0 Å². The highest BCUT2D eigenvalue weighted by Gasteiger charge is 2.13. The fraction of sp³-hybridized carbons (Fsp3) is 0.133. The molecule has 102 valence electrons. The van der Waals surface area contributed by atoms with Crippen LogP contribution in [0.25, 0.3) is 5.65 Å². The minimum absolute atomic E-state index is 0.129. The Morgan fingerprint density at radius 2 is 2.15 bits per heavy atom. The summed E-state index contributed by atoms with van der Waals surface area (Å²) in [5.74, 6) is 1.13. The summed E-state index contributed by atoms with van der Waals surface area (Å²) >= 11 is 3.46. The van der Waals surface area contributed by atoms with Gasteiger partial charge in [0.1, 0.15) is 17.1 Å². The summed E-state index contributed by atoms with van der Waals surface area (Å²) in [6.45, 7) is 1.86. The van der Waals surface area contributed by atoms with Gasteiger partial charge in [-0.15, -0.1) is 0 Å². The Kier molecular flexibility index (Phi) is 3.46. The van der Waals surface area contributed by atoms with Gasteiger partial charge in [-0.1, -0.05) is 22.0 Å². The maximum atomic E-state index is 9.53. The summed E-state index contributed by atoms with van der Waals surface area (Å²) in [4.78, 5) is 4.40. The van der Waals surface area contributed by atoms with Gasteiger partial charge < -0.3 is 9.84 Å². The van der Waals surface area contributed by atoms with Crippen molar-refractivity contribution < 1.29 is 9.84 Å². The largest absolute Gasteiger partial charge is 0.437 e. The zero-order valence-corrected chi connectivity index (χ0v) is 12.5. The van der Waals surface area contributed by atoms with Gasteiger partial charge >= 0.3 is 0 Å². The molecule has 1 N–H and O–H groups in total. The van der Waals surface area contributed by atoms with Crippen molar-refractivity contribution in [3.63, 3.8) is 0 Å².